The van der Waals surface area contributed by atoms with Crippen LogP contribution in [-0.2, 0) is 16.2 Å². The van der Waals surface area contributed by atoms with Crippen molar-refractivity contribution in [2.75, 3.05) is 6.54 Å². The first-order chi connectivity index (χ1) is 9.76. The Labute approximate surface area is 120 Å². The molecule has 2 rings (SSSR count). The van der Waals surface area contributed by atoms with Crippen LogP contribution >= 0.6 is 0 Å². The van der Waals surface area contributed by atoms with Gasteiger partial charge in [0.1, 0.15) is 0 Å². The molecule has 0 amide bonds. The third kappa shape index (κ3) is 3.54. The van der Waals surface area contributed by atoms with Gasteiger partial charge in [-0.1, -0.05) is 6.07 Å². The van der Waals surface area contributed by atoms with Crippen molar-refractivity contribution in [3.63, 3.8) is 0 Å². The fraction of sp³-hybridized carbons (Fsp3) is 0.462. The van der Waals surface area contributed by atoms with E-state index in [9.17, 15) is 21.6 Å². The van der Waals surface area contributed by atoms with Crippen LogP contribution in [0.3, 0.4) is 0 Å². The van der Waals surface area contributed by atoms with Crippen LogP contribution in [-0.4, -0.2) is 25.3 Å². The maximum absolute atomic E-state index is 12.7. The van der Waals surface area contributed by atoms with Crippen molar-refractivity contribution in [1.82, 2.24) is 4.31 Å². The molecule has 0 aromatic heterocycles. The molecule has 1 aliphatic rings. The predicted octanol–water partition coefficient (Wildman–Crippen LogP) is 2.77. The molecule has 1 fully saturated rings. The zero-order chi connectivity index (χ0) is 15.7. The first-order valence-corrected chi connectivity index (χ1v) is 7.77. The van der Waals surface area contributed by atoms with Gasteiger partial charge in [0.05, 0.1) is 16.5 Å². The Bertz CT molecular complexity index is 661. The summed E-state index contributed by atoms with van der Waals surface area (Å²) in [5.41, 5.74) is -1.00. The number of benzene rings is 1. The van der Waals surface area contributed by atoms with E-state index < -0.39 is 21.8 Å². The molecular formula is C13H13F3N2O2S. The van der Waals surface area contributed by atoms with Gasteiger partial charge in [-0.2, -0.15) is 22.7 Å². The minimum atomic E-state index is -4.59. The summed E-state index contributed by atoms with van der Waals surface area (Å²) in [6.07, 6.45) is -3.25. The van der Waals surface area contributed by atoms with Gasteiger partial charge >= 0.3 is 6.18 Å². The molecular weight excluding hydrogens is 305 g/mol. The fourth-order valence-electron chi connectivity index (χ4n) is 1.99. The van der Waals surface area contributed by atoms with E-state index in [1.54, 1.807) is 0 Å². The maximum Gasteiger partial charge on any atom is 0.416 e. The van der Waals surface area contributed by atoms with E-state index in [0.29, 0.717) is 18.9 Å². The molecule has 0 aliphatic heterocycles. The second-order valence-corrected chi connectivity index (χ2v) is 6.67. The topological polar surface area (TPSA) is 61.2 Å². The summed E-state index contributed by atoms with van der Waals surface area (Å²) in [5, 5.41) is 8.58. The van der Waals surface area contributed by atoms with Gasteiger partial charge in [0.2, 0.25) is 10.0 Å². The molecule has 1 saturated carbocycles. The normalized spacial score (nSPS) is 16.0. The number of alkyl halides is 3. The Morgan fingerprint density at radius 2 is 2.00 bits per heavy atom. The molecule has 0 saturated heterocycles. The predicted molar refractivity (Wildman–Crippen MR) is 68.6 cm³/mol. The Hall–Kier alpha value is -1.59. The minimum Gasteiger partial charge on any atom is -0.207 e. The van der Waals surface area contributed by atoms with Gasteiger partial charge in [0, 0.05) is 19.0 Å². The summed E-state index contributed by atoms with van der Waals surface area (Å²) >= 11 is 0. The van der Waals surface area contributed by atoms with E-state index in [1.807, 2.05) is 6.07 Å². The summed E-state index contributed by atoms with van der Waals surface area (Å²) < 4.78 is 64.1. The lowest BCUT2D eigenvalue weighted by Gasteiger charge is -2.21. The number of rotatable bonds is 5. The number of halogens is 3. The molecule has 1 aromatic carbocycles. The number of hydrogen-bond donors (Lipinski definition) is 0. The van der Waals surface area contributed by atoms with Gasteiger partial charge in [-0.25, -0.2) is 8.42 Å². The Kier molecular flexibility index (Phi) is 4.25. The van der Waals surface area contributed by atoms with Gasteiger partial charge in [-0.05, 0) is 31.0 Å². The van der Waals surface area contributed by atoms with Crippen molar-refractivity contribution in [3.8, 4) is 6.07 Å². The number of nitrogens with zero attached hydrogens (tertiary/aromatic N) is 2. The first kappa shape index (κ1) is 15.8. The van der Waals surface area contributed by atoms with E-state index in [-0.39, 0.29) is 23.9 Å². The van der Waals surface area contributed by atoms with Crippen LogP contribution in [0.1, 0.15) is 24.8 Å². The van der Waals surface area contributed by atoms with Crippen molar-refractivity contribution < 1.29 is 21.6 Å². The summed E-state index contributed by atoms with van der Waals surface area (Å²) in [4.78, 5) is -0.387. The SMILES string of the molecule is N#CCCN(C1CC1)S(=O)(=O)c1cccc(C(F)(F)F)c1. The maximum atomic E-state index is 12.7. The molecule has 8 heteroatoms. The zero-order valence-electron chi connectivity index (χ0n) is 11.0. The standard InChI is InChI=1S/C13H13F3N2O2S/c14-13(15,16)10-3-1-4-12(9-10)21(19,20)18(8-2-7-17)11-5-6-11/h1,3-4,9,11H,2,5-6,8H2. The number of hydrogen-bond acceptors (Lipinski definition) is 3. The number of nitriles is 1. The second-order valence-electron chi connectivity index (χ2n) is 4.78. The average Bonchev–Trinajstić information content (AvgIpc) is 3.23. The molecule has 0 spiro atoms. The van der Waals surface area contributed by atoms with Gasteiger partial charge in [0.15, 0.2) is 0 Å². The molecule has 1 aliphatic carbocycles. The third-order valence-electron chi connectivity index (χ3n) is 3.17. The molecule has 1 aromatic rings. The van der Waals surface area contributed by atoms with Crippen LogP contribution in [0.25, 0.3) is 0 Å². The Balaban J connectivity index is 2.36. The van der Waals surface area contributed by atoms with E-state index in [4.69, 9.17) is 5.26 Å². The van der Waals surface area contributed by atoms with E-state index in [0.717, 1.165) is 22.5 Å². The highest BCUT2D eigenvalue weighted by atomic mass is 32.2. The van der Waals surface area contributed by atoms with Gasteiger partial charge < -0.3 is 0 Å². The molecule has 0 unspecified atom stereocenters. The Morgan fingerprint density at radius 1 is 1.33 bits per heavy atom. The molecule has 21 heavy (non-hydrogen) atoms. The van der Waals surface area contributed by atoms with E-state index in [1.165, 1.54) is 0 Å². The van der Waals surface area contributed by atoms with Crippen molar-refractivity contribution in [3.05, 3.63) is 29.8 Å². The molecule has 0 atom stereocenters. The van der Waals surface area contributed by atoms with Crippen LogP contribution in [0, 0.1) is 11.3 Å². The lowest BCUT2D eigenvalue weighted by Crippen LogP contribution is -2.34. The molecule has 0 bridgehead atoms. The van der Waals surface area contributed by atoms with Crippen LogP contribution in [0.15, 0.2) is 29.2 Å². The highest BCUT2D eigenvalue weighted by Crippen LogP contribution is 2.34. The van der Waals surface area contributed by atoms with Crippen molar-refractivity contribution in [1.29, 1.82) is 5.26 Å². The summed E-state index contributed by atoms with van der Waals surface area (Å²) in [7, 11) is -4.01. The summed E-state index contributed by atoms with van der Waals surface area (Å²) in [6, 6.07) is 5.33. The summed E-state index contributed by atoms with van der Waals surface area (Å²) in [5.74, 6) is 0. The van der Waals surface area contributed by atoms with Crippen molar-refractivity contribution in [2.45, 2.75) is 36.4 Å². The largest absolute Gasteiger partial charge is 0.416 e. The summed E-state index contributed by atoms with van der Waals surface area (Å²) in [6.45, 7) is -0.000253. The van der Waals surface area contributed by atoms with Gasteiger partial charge in [-0.15, -0.1) is 0 Å². The van der Waals surface area contributed by atoms with Gasteiger partial charge in [-0.3, -0.25) is 0 Å². The molecule has 114 valence electrons. The smallest absolute Gasteiger partial charge is 0.207 e. The number of sulfonamides is 1. The molecule has 0 N–H and O–H groups in total. The van der Waals surface area contributed by atoms with Crippen molar-refractivity contribution in [2.24, 2.45) is 0 Å². The second kappa shape index (κ2) is 5.66. The third-order valence-corrected chi connectivity index (χ3v) is 5.11. The Morgan fingerprint density at radius 3 is 2.52 bits per heavy atom. The van der Waals surface area contributed by atoms with E-state index in [2.05, 4.69) is 0 Å². The highest BCUT2D eigenvalue weighted by Gasteiger charge is 2.39. The highest BCUT2D eigenvalue weighted by molar-refractivity contribution is 7.89. The fourth-order valence-corrected chi connectivity index (χ4v) is 3.72. The lowest BCUT2D eigenvalue weighted by molar-refractivity contribution is -0.137. The van der Waals surface area contributed by atoms with Crippen LogP contribution in [0.4, 0.5) is 13.2 Å². The van der Waals surface area contributed by atoms with Crippen LogP contribution in [0.5, 0.6) is 0 Å². The van der Waals surface area contributed by atoms with E-state index >= 15 is 0 Å². The average molecular weight is 318 g/mol. The molecule has 4 nitrogen and oxygen atoms in total. The van der Waals surface area contributed by atoms with Crippen molar-refractivity contribution >= 4 is 10.0 Å². The lowest BCUT2D eigenvalue weighted by atomic mass is 10.2. The first-order valence-electron chi connectivity index (χ1n) is 6.33. The minimum absolute atomic E-state index is 0.000253. The molecule has 0 radical (unpaired) electrons. The van der Waals surface area contributed by atoms with Crippen LogP contribution in [0.2, 0.25) is 0 Å². The zero-order valence-corrected chi connectivity index (χ0v) is 11.8. The molecule has 0 heterocycles. The van der Waals surface area contributed by atoms with Crippen LogP contribution < -0.4 is 0 Å². The monoisotopic (exact) mass is 318 g/mol. The quantitative estimate of drug-likeness (QED) is 0.838. The van der Waals surface area contributed by atoms with Gasteiger partial charge in [0.25, 0.3) is 0 Å².